The molecule has 0 bridgehead atoms. The molecule has 0 spiro atoms. The third-order valence-electron chi connectivity index (χ3n) is 5.25. The van der Waals surface area contributed by atoms with Crippen molar-refractivity contribution < 1.29 is 0 Å². The molecule has 0 N–H and O–H groups in total. The summed E-state index contributed by atoms with van der Waals surface area (Å²) in [5.74, 6) is 1.29. The van der Waals surface area contributed by atoms with Gasteiger partial charge in [0, 0.05) is 32.1 Å². The highest BCUT2D eigenvalue weighted by molar-refractivity contribution is 5.77. The second kappa shape index (κ2) is 5.45. The second-order valence-electron chi connectivity index (χ2n) is 6.62. The molecule has 1 aliphatic carbocycles. The van der Waals surface area contributed by atoms with Crippen LogP contribution in [0.5, 0.6) is 0 Å². The lowest BCUT2D eigenvalue weighted by atomic mass is 9.91. The average Bonchev–Trinajstić information content (AvgIpc) is 2.65. The van der Waals surface area contributed by atoms with Crippen molar-refractivity contribution in [2.45, 2.75) is 58.0 Å². The minimum absolute atomic E-state index is 0.858. The predicted octanol–water partition coefficient (Wildman–Crippen LogP) is 3.40. The standard InChI is InChI=1S/C18H25N3/c1-2-4-14-7-8-17-16(13-14)19-18-9-10-20(11-12-21(17)18)15-5-3-6-15/h7-8,13,15H,2-6,9-12H2,1H3. The Labute approximate surface area is 127 Å². The monoisotopic (exact) mass is 283 g/mol. The third-order valence-corrected chi connectivity index (χ3v) is 5.25. The van der Waals surface area contributed by atoms with Gasteiger partial charge < -0.3 is 4.57 Å². The minimum Gasteiger partial charge on any atom is -0.327 e. The molecule has 112 valence electrons. The van der Waals surface area contributed by atoms with Crippen LogP contribution in [0.1, 0.15) is 44.0 Å². The van der Waals surface area contributed by atoms with Gasteiger partial charge in [-0.2, -0.15) is 0 Å². The lowest BCUT2D eigenvalue weighted by Gasteiger charge is -2.36. The van der Waals surface area contributed by atoms with E-state index in [2.05, 4.69) is 34.6 Å². The molecular weight excluding hydrogens is 258 g/mol. The van der Waals surface area contributed by atoms with Gasteiger partial charge in [0.15, 0.2) is 0 Å². The Morgan fingerprint density at radius 1 is 1.19 bits per heavy atom. The summed E-state index contributed by atoms with van der Waals surface area (Å²) in [6, 6.07) is 7.73. The van der Waals surface area contributed by atoms with Crippen LogP contribution < -0.4 is 0 Å². The van der Waals surface area contributed by atoms with Crippen molar-refractivity contribution in [2.24, 2.45) is 0 Å². The Balaban J connectivity index is 1.61. The molecule has 1 aliphatic heterocycles. The highest BCUT2D eigenvalue weighted by atomic mass is 15.2. The lowest BCUT2D eigenvalue weighted by Crippen LogP contribution is -2.41. The summed E-state index contributed by atoms with van der Waals surface area (Å²) in [7, 11) is 0. The summed E-state index contributed by atoms with van der Waals surface area (Å²) in [5.41, 5.74) is 3.96. The number of aryl methyl sites for hydroxylation is 1. The topological polar surface area (TPSA) is 21.1 Å². The van der Waals surface area contributed by atoms with Gasteiger partial charge in [-0.1, -0.05) is 25.8 Å². The van der Waals surface area contributed by atoms with E-state index in [0.29, 0.717) is 0 Å². The molecule has 0 unspecified atom stereocenters. The largest absolute Gasteiger partial charge is 0.327 e. The molecule has 3 heteroatoms. The van der Waals surface area contributed by atoms with Crippen molar-refractivity contribution in [3.8, 4) is 0 Å². The second-order valence-corrected chi connectivity index (χ2v) is 6.62. The van der Waals surface area contributed by atoms with Crippen molar-refractivity contribution in [1.82, 2.24) is 14.5 Å². The van der Waals surface area contributed by atoms with Gasteiger partial charge in [-0.25, -0.2) is 4.98 Å². The first kappa shape index (κ1) is 13.3. The maximum Gasteiger partial charge on any atom is 0.111 e. The Morgan fingerprint density at radius 2 is 2.10 bits per heavy atom. The number of fused-ring (bicyclic) bond motifs is 3. The molecule has 1 saturated carbocycles. The summed E-state index contributed by atoms with van der Waals surface area (Å²) < 4.78 is 2.46. The number of hydrogen-bond acceptors (Lipinski definition) is 2. The van der Waals surface area contributed by atoms with Gasteiger partial charge in [0.1, 0.15) is 5.82 Å². The van der Waals surface area contributed by atoms with E-state index < -0.39 is 0 Å². The van der Waals surface area contributed by atoms with Crippen LogP contribution in [-0.4, -0.2) is 33.6 Å². The molecule has 2 aliphatic rings. The molecule has 0 saturated heterocycles. The zero-order valence-corrected chi connectivity index (χ0v) is 13.0. The molecule has 4 rings (SSSR count). The van der Waals surface area contributed by atoms with Gasteiger partial charge in [-0.3, -0.25) is 4.90 Å². The molecule has 0 amide bonds. The molecule has 1 aromatic carbocycles. The number of rotatable bonds is 3. The average molecular weight is 283 g/mol. The number of benzene rings is 1. The summed E-state index contributed by atoms with van der Waals surface area (Å²) in [6.45, 7) is 5.73. The molecule has 0 atom stereocenters. The van der Waals surface area contributed by atoms with Gasteiger partial charge in [0.25, 0.3) is 0 Å². The minimum atomic E-state index is 0.858. The van der Waals surface area contributed by atoms with Crippen LogP contribution in [0.4, 0.5) is 0 Å². The van der Waals surface area contributed by atoms with Gasteiger partial charge in [0.05, 0.1) is 11.0 Å². The summed E-state index contributed by atoms with van der Waals surface area (Å²) in [5, 5.41) is 0. The van der Waals surface area contributed by atoms with E-state index in [4.69, 9.17) is 4.98 Å². The van der Waals surface area contributed by atoms with E-state index in [9.17, 15) is 0 Å². The fourth-order valence-corrected chi connectivity index (χ4v) is 3.81. The molecule has 21 heavy (non-hydrogen) atoms. The maximum atomic E-state index is 4.93. The summed E-state index contributed by atoms with van der Waals surface area (Å²) in [6.07, 6.45) is 7.71. The number of hydrogen-bond donors (Lipinski definition) is 0. The Morgan fingerprint density at radius 3 is 2.86 bits per heavy atom. The highest BCUT2D eigenvalue weighted by Gasteiger charge is 2.27. The smallest absolute Gasteiger partial charge is 0.111 e. The lowest BCUT2D eigenvalue weighted by molar-refractivity contribution is 0.130. The van der Waals surface area contributed by atoms with Crippen LogP contribution in [0.15, 0.2) is 18.2 Å². The number of imidazole rings is 1. The van der Waals surface area contributed by atoms with Crippen LogP contribution in [0.2, 0.25) is 0 Å². The first-order valence-corrected chi connectivity index (χ1v) is 8.57. The quantitative estimate of drug-likeness (QED) is 0.861. The van der Waals surface area contributed by atoms with Crippen molar-refractivity contribution in [1.29, 1.82) is 0 Å². The molecular formula is C18H25N3. The first-order valence-electron chi connectivity index (χ1n) is 8.57. The van der Waals surface area contributed by atoms with Gasteiger partial charge >= 0.3 is 0 Å². The zero-order chi connectivity index (χ0) is 14.2. The van der Waals surface area contributed by atoms with E-state index in [-0.39, 0.29) is 0 Å². The summed E-state index contributed by atoms with van der Waals surface area (Å²) in [4.78, 5) is 7.62. The first-order chi connectivity index (χ1) is 10.3. The Bertz CT molecular complexity index is 639. The molecule has 2 aromatic rings. The molecule has 0 radical (unpaired) electrons. The third kappa shape index (κ3) is 2.38. The van der Waals surface area contributed by atoms with Gasteiger partial charge in [0.2, 0.25) is 0 Å². The Kier molecular flexibility index (Phi) is 3.46. The van der Waals surface area contributed by atoms with Crippen molar-refractivity contribution >= 4 is 11.0 Å². The normalized spacial score (nSPS) is 20.2. The maximum absolute atomic E-state index is 4.93. The summed E-state index contributed by atoms with van der Waals surface area (Å²) >= 11 is 0. The van der Waals surface area contributed by atoms with E-state index in [1.54, 1.807) is 0 Å². The predicted molar refractivity (Wildman–Crippen MR) is 86.6 cm³/mol. The van der Waals surface area contributed by atoms with Crippen molar-refractivity contribution in [3.05, 3.63) is 29.6 Å². The molecule has 2 heterocycles. The number of nitrogens with zero attached hydrogens (tertiary/aromatic N) is 3. The fraction of sp³-hybridized carbons (Fsp3) is 0.611. The van der Waals surface area contributed by atoms with Crippen LogP contribution in [0.3, 0.4) is 0 Å². The highest BCUT2D eigenvalue weighted by Crippen LogP contribution is 2.27. The van der Waals surface area contributed by atoms with E-state index in [0.717, 1.165) is 25.4 Å². The van der Waals surface area contributed by atoms with Crippen molar-refractivity contribution in [3.63, 3.8) is 0 Å². The molecule has 1 aromatic heterocycles. The van der Waals surface area contributed by atoms with Crippen LogP contribution in [0.25, 0.3) is 11.0 Å². The fourth-order valence-electron chi connectivity index (χ4n) is 3.81. The van der Waals surface area contributed by atoms with Crippen LogP contribution in [0, 0.1) is 0 Å². The molecule has 1 fully saturated rings. The van der Waals surface area contributed by atoms with E-state index in [1.807, 2.05) is 0 Å². The van der Waals surface area contributed by atoms with Crippen LogP contribution in [-0.2, 0) is 19.4 Å². The van der Waals surface area contributed by atoms with Gasteiger partial charge in [-0.05, 0) is 37.0 Å². The SMILES string of the molecule is CCCc1ccc2c(c1)nc1n2CCN(C2CCC2)CC1. The van der Waals surface area contributed by atoms with E-state index >= 15 is 0 Å². The number of aromatic nitrogens is 2. The van der Waals surface area contributed by atoms with E-state index in [1.165, 1.54) is 61.2 Å². The Hall–Kier alpha value is -1.35. The van der Waals surface area contributed by atoms with Crippen LogP contribution >= 0.6 is 0 Å². The van der Waals surface area contributed by atoms with Crippen molar-refractivity contribution in [2.75, 3.05) is 13.1 Å². The molecule has 3 nitrogen and oxygen atoms in total. The zero-order valence-electron chi connectivity index (χ0n) is 13.0. The van der Waals surface area contributed by atoms with Gasteiger partial charge in [-0.15, -0.1) is 0 Å².